The number of carbonyl (C=O) groups excluding carboxylic acids is 2. The maximum atomic E-state index is 12.7. The number of rotatable bonds is 5. The van der Waals surface area contributed by atoms with E-state index in [0.29, 0.717) is 13.0 Å². The van der Waals surface area contributed by atoms with E-state index in [-0.39, 0.29) is 23.1 Å². The molecule has 0 bridgehead atoms. The van der Waals surface area contributed by atoms with Gasteiger partial charge in [0.25, 0.3) is 0 Å². The third-order valence-corrected chi connectivity index (χ3v) is 6.16. The van der Waals surface area contributed by atoms with Crippen LogP contribution in [0, 0.1) is 18.3 Å². The second-order valence-electron chi connectivity index (χ2n) is 7.77. The number of hydrogen-bond acceptors (Lipinski definition) is 3. The molecule has 0 radical (unpaired) electrons. The Labute approximate surface area is 156 Å². The molecule has 0 N–H and O–H groups in total. The molecule has 3 rings (SSSR count). The molecule has 5 heteroatoms. The van der Waals surface area contributed by atoms with Crippen LogP contribution in [0.4, 0.5) is 0 Å². The van der Waals surface area contributed by atoms with E-state index in [1.165, 1.54) is 5.56 Å². The number of ether oxygens (including phenoxy) is 1. The lowest BCUT2D eigenvalue weighted by molar-refractivity contribution is -0.135. The Morgan fingerprint density at radius 1 is 1.23 bits per heavy atom. The van der Waals surface area contributed by atoms with E-state index in [2.05, 4.69) is 6.92 Å². The van der Waals surface area contributed by atoms with Crippen LogP contribution in [-0.2, 0) is 20.7 Å². The summed E-state index contributed by atoms with van der Waals surface area (Å²) in [6, 6.07) is 8.16. The smallest absolute Gasteiger partial charge is 0.228 e. The molecule has 1 atom stereocenters. The lowest BCUT2D eigenvalue weighted by Gasteiger charge is -2.41. The van der Waals surface area contributed by atoms with Gasteiger partial charge in [0, 0.05) is 38.7 Å². The van der Waals surface area contributed by atoms with Gasteiger partial charge in [0.2, 0.25) is 11.8 Å². The first kappa shape index (κ1) is 18.9. The quantitative estimate of drug-likeness (QED) is 0.811. The van der Waals surface area contributed by atoms with Crippen LogP contribution in [-0.4, -0.2) is 61.5 Å². The molecule has 2 aliphatic heterocycles. The standard InChI is InChI=1S/C21H30N2O3/c1-4-22-15-21(18(14-26-3)20(22)25)9-11-23(12-10-21)19(24)13-17-7-5-16(2)6-8-17/h5-8,18H,4,9-15H2,1-3H3. The summed E-state index contributed by atoms with van der Waals surface area (Å²) < 4.78 is 5.35. The highest BCUT2D eigenvalue weighted by Crippen LogP contribution is 2.45. The van der Waals surface area contributed by atoms with Gasteiger partial charge < -0.3 is 14.5 Å². The van der Waals surface area contributed by atoms with E-state index in [0.717, 1.165) is 44.6 Å². The minimum Gasteiger partial charge on any atom is -0.384 e. The van der Waals surface area contributed by atoms with Crippen LogP contribution in [0.2, 0.25) is 0 Å². The fourth-order valence-corrected chi connectivity index (χ4v) is 4.43. The molecule has 142 valence electrons. The van der Waals surface area contributed by atoms with Crippen LogP contribution in [0.5, 0.6) is 0 Å². The van der Waals surface area contributed by atoms with Crippen molar-refractivity contribution in [2.24, 2.45) is 11.3 Å². The topological polar surface area (TPSA) is 49.9 Å². The van der Waals surface area contributed by atoms with Crippen molar-refractivity contribution in [3.63, 3.8) is 0 Å². The van der Waals surface area contributed by atoms with Gasteiger partial charge in [0.15, 0.2) is 0 Å². The fourth-order valence-electron chi connectivity index (χ4n) is 4.43. The summed E-state index contributed by atoms with van der Waals surface area (Å²) in [5.41, 5.74) is 2.23. The normalized spacial score (nSPS) is 22.3. The molecule has 0 saturated carbocycles. The van der Waals surface area contributed by atoms with E-state index in [1.807, 2.05) is 41.0 Å². The summed E-state index contributed by atoms with van der Waals surface area (Å²) in [6.07, 6.45) is 2.21. The number of amides is 2. The summed E-state index contributed by atoms with van der Waals surface area (Å²) in [6.45, 7) is 7.57. The third-order valence-electron chi connectivity index (χ3n) is 6.16. The Hall–Kier alpha value is -1.88. The maximum Gasteiger partial charge on any atom is 0.228 e. The van der Waals surface area contributed by atoms with Crippen molar-refractivity contribution in [3.05, 3.63) is 35.4 Å². The molecule has 2 heterocycles. The van der Waals surface area contributed by atoms with Gasteiger partial charge in [-0.2, -0.15) is 0 Å². The first-order valence-corrected chi connectivity index (χ1v) is 9.60. The number of benzene rings is 1. The zero-order valence-corrected chi connectivity index (χ0v) is 16.2. The molecule has 2 aliphatic rings. The molecule has 1 unspecified atom stereocenters. The molecular formula is C21H30N2O3. The van der Waals surface area contributed by atoms with Gasteiger partial charge in [-0.05, 0) is 32.3 Å². The Balaban J connectivity index is 1.63. The van der Waals surface area contributed by atoms with Crippen molar-refractivity contribution in [2.75, 3.05) is 39.9 Å². The summed E-state index contributed by atoms with van der Waals surface area (Å²) in [5.74, 6) is 0.333. The molecule has 2 fully saturated rings. The highest BCUT2D eigenvalue weighted by atomic mass is 16.5. The van der Waals surface area contributed by atoms with Crippen LogP contribution in [0.3, 0.4) is 0 Å². The molecule has 1 aromatic carbocycles. The van der Waals surface area contributed by atoms with Crippen molar-refractivity contribution in [3.8, 4) is 0 Å². The van der Waals surface area contributed by atoms with Crippen molar-refractivity contribution in [1.29, 1.82) is 0 Å². The van der Waals surface area contributed by atoms with Crippen molar-refractivity contribution < 1.29 is 14.3 Å². The van der Waals surface area contributed by atoms with E-state index < -0.39 is 0 Å². The largest absolute Gasteiger partial charge is 0.384 e. The maximum absolute atomic E-state index is 12.7. The minimum atomic E-state index is -0.0678. The average molecular weight is 358 g/mol. The van der Waals surface area contributed by atoms with Crippen LogP contribution >= 0.6 is 0 Å². The number of aryl methyl sites for hydroxylation is 1. The first-order chi connectivity index (χ1) is 12.5. The number of likely N-dealkylation sites (tertiary alicyclic amines) is 2. The average Bonchev–Trinajstić information content (AvgIpc) is 2.90. The first-order valence-electron chi connectivity index (χ1n) is 9.60. The highest BCUT2D eigenvalue weighted by Gasteiger charge is 2.52. The van der Waals surface area contributed by atoms with Crippen molar-refractivity contribution >= 4 is 11.8 Å². The molecule has 2 amide bonds. The Morgan fingerprint density at radius 2 is 1.88 bits per heavy atom. The van der Waals surface area contributed by atoms with Gasteiger partial charge in [-0.1, -0.05) is 29.8 Å². The molecular weight excluding hydrogens is 328 g/mol. The van der Waals surface area contributed by atoms with Gasteiger partial charge >= 0.3 is 0 Å². The van der Waals surface area contributed by atoms with E-state index >= 15 is 0 Å². The molecule has 0 aliphatic carbocycles. The molecule has 5 nitrogen and oxygen atoms in total. The summed E-state index contributed by atoms with van der Waals surface area (Å²) in [5, 5.41) is 0. The van der Waals surface area contributed by atoms with E-state index in [4.69, 9.17) is 4.74 Å². The van der Waals surface area contributed by atoms with Crippen molar-refractivity contribution in [2.45, 2.75) is 33.1 Å². The molecule has 1 spiro atoms. The zero-order valence-electron chi connectivity index (χ0n) is 16.2. The predicted octanol–water partition coefficient (Wildman–Crippen LogP) is 2.27. The fraction of sp³-hybridized carbons (Fsp3) is 0.619. The van der Waals surface area contributed by atoms with Gasteiger partial charge in [0.1, 0.15) is 0 Å². The number of hydrogen-bond donors (Lipinski definition) is 0. The van der Waals surface area contributed by atoms with Gasteiger partial charge in [-0.3, -0.25) is 9.59 Å². The van der Waals surface area contributed by atoms with Crippen LogP contribution in [0.1, 0.15) is 30.9 Å². The minimum absolute atomic E-state index is 0.0380. The second kappa shape index (κ2) is 7.78. The van der Waals surface area contributed by atoms with Crippen LogP contribution in [0.15, 0.2) is 24.3 Å². The molecule has 2 saturated heterocycles. The Bertz CT molecular complexity index is 648. The third kappa shape index (κ3) is 3.63. The number of methoxy groups -OCH3 is 1. The van der Waals surface area contributed by atoms with Gasteiger partial charge in [-0.15, -0.1) is 0 Å². The molecule has 0 aromatic heterocycles. The second-order valence-corrected chi connectivity index (χ2v) is 7.77. The van der Waals surface area contributed by atoms with Crippen LogP contribution < -0.4 is 0 Å². The summed E-state index contributed by atoms with van der Waals surface area (Å²) in [4.78, 5) is 29.2. The number of carbonyl (C=O) groups is 2. The Kier molecular flexibility index (Phi) is 5.66. The van der Waals surface area contributed by atoms with Crippen LogP contribution in [0.25, 0.3) is 0 Å². The summed E-state index contributed by atoms with van der Waals surface area (Å²) in [7, 11) is 1.66. The monoisotopic (exact) mass is 358 g/mol. The predicted molar refractivity (Wildman–Crippen MR) is 101 cm³/mol. The number of nitrogens with zero attached hydrogens (tertiary/aromatic N) is 2. The van der Waals surface area contributed by atoms with E-state index in [1.54, 1.807) is 7.11 Å². The lowest BCUT2D eigenvalue weighted by atomic mass is 9.71. The van der Waals surface area contributed by atoms with Gasteiger partial charge in [-0.25, -0.2) is 0 Å². The summed E-state index contributed by atoms with van der Waals surface area (Å²) >= 11 is 0. The number of piperidine rings is 1. The molecule has 1 aromatic rings. The highest BCUT2D eigenvalue weighted by molar-refractivity contribution is 5.83. The SMILES string of the molecule is CCN1CC2(CCN(C(=O)Cc3ccc(C)cc3)CC2)C(COC)C1=O. The Morgan fingerprint density at radius 3 is 2.46 bits per heavy atom. The molecule has 26 heavy (non-hydrogen) atoms. The lowest BCUT2D eigenvalue weighted by Crippen LogP contribution is -2.47. The van der Waals surface area contributed by atoms with Gasteiger partial charge in [0.05, 0.1) is 18.9 Å². The zero-order chi connectivity index (χ0) is 18.7. The van der Waals surface area contributed by atoms with E-state index in [9.17, 15) is 9.59 Å². The van der Waals surface area contributed by atoms with Crippen molar-refractivity contribution in [1.82, 2.24) is 9.80 Å².